The monoisotopic (exact) mass is 506 g/mol. The van der Waals surface area contributed by atoms with E-state index in [1.54, 1.807) is 24.3 Å². The average molecular weight is 507 g/mol. The number of rotatable bonds is 8. The van der Waals surface area contributed by atoms with Crippen molar-refractivity contribution in [3.05, 3.63) is 53.6 Å². The Morgan fingerprint density at radius 2 is 1.75 bits per heavy atom. The number of nitrogens with one attached hydrogen (secondary N) is 4. The first-order chi connectivity index (χ1) is 15.0. The third-order valence-corrected chi connectivity index (χ3v) is 4.48. The van der Waals surface area contributed by atoms with Crippen LogP contribution >= 0.6 is 36.4 Å². The first kappa shape index (κ1) is 25.6. The first-order valence-electron chi connectivity index (χ1n) is 8.94. The molecule has 13 heteroatoms. The number of thiocarbonyl (C=S) groups is 1. The summed E-state index contributed by atoms with van der Waals surface area (Å²) in [7, 11) is 0. The van der Waals surface area contributed by atoms with Crippen LogP contribution in [-0.4, -0.2) is 28.5 Å². The maximum absolute atomic E-state index is 12.2. The molecule has 0 radical (unpaired) electrons. The number of anilines is 2. The van der Waals surface area contributed by atoms with E-state index in [2.05, 4.69) is 38.9 Å². The predicted molar refractivity (Wildman–Crippen MR) is 123 cm³/mol. The summed E-state index contributed by atoms with van der Waals surface area (Å²) in [6.07, 6.45) is -5.32. The van der Waals surface area contributed by atoms with Crippen molar-refractivity contribution in [2.24, 2.45) is 0 Å². The van der Waals surface area contributed by atoms with E-state index in [1.165, 1.54) is 12.1 Å². The van der Waals surface area contributed by atoms with Gasteiger partial charge < -0.3 is 15.4 Å². The van der Waals surface area contributed by atoms with E-state index >= 15 is 0 Å². The normalized spacial score (nSPS) is 11.8. The Labute approximate surface area is 197 Å². The van der Waals surface area contributed by atoms with Crippen LogP contribution in [-0.2, 0) is 9.59 Å². The lowest BCUT2D eigenvalue weighted by atomic mass is 10.2. The number of thiol groups is 1. The number of ether oxygens (including phenoxy) is 1. The van der Waals surface area contributed by atoms with Gasteiger partial charge in [-0.15, -0.1) is 13.2 Å². The number of hydrazine groups is 1. The number of carbonyl (C=O) groups excluding carboxylic acids is 2. The molecule has 1 unspecified atom stereocenters. The lowest BCUT2D eigenvalue weighted by molar-refractivity contribution is -0.274. The van der Waals surface area contributed by atoms with Gasteiger partial charge in [-0.05, 0) is 48.6 Å². The minimum atomic E-state index is -4.78. The van der Waals surface area contributed by atoms with Crippen LogP contribution in [0.15, 0.2) is 48.5 Å². The number of Topliss-reactive ketones (excluding diaryl/α,β-unsaturated/α-hetero) is 1. The molecule has 1 atom stereocenters. The molecule has 172 valence electrons. The molecular weight excluding hydrogens is 489 g/mol. The highest BCUT2D eigenvalue weighted by molar-refractivity contribution is 7.81. The van der Waals surface area contributed by atoms with Gasteiger partial charge >= 0.3 is 6.36 Å². The number of benzene rings is 2. The molecule has 0 saturated carbocycles. The zero-order valence-electron chi connectivity index (χ0n) is 16.2. The van der Waals surface area contributed by atoms with Crippen molar-refractivity contribution >= 4 is 64.6 Å². The number of halogens is 4. The lowest BCUT2D eigenvalue weighted by Crippen LogP contribution is -2.44. The Morgan fingerprint density at radius 1 is 1.09 bits per heavy atom. The highest BCUT2D eigenvalue weighted by Gasteiger charge is 2.31. The average Bonchev–Trinajstić information content (AvgIpc) is 2.68. The van der Waals surface area contributed by atoms with Crippen molar-refractivity contribution in [2.45, 2.75) is 24.6 Å². The van der Waals surface area contributed by atoms with Crippen LogP contribution in [0.4, 0.5) is 24.5 Å². The number of alkyl halides is 3. The minimum absolute atomic E-state index is 0.0746. The number of para-hydroxylation sites is 1. The van der Waals surface area contributed by atoms with Gasteiger partial charge in [0.1, 0.15) is 11.5 Å². The maximum Gasteiger partial charge on any atom is 0.573 e. The van der Waals surface area contributed by atoms with Crippen molar-refractivity contribution in [3.63, 3.8) is 0 Å². The summed E-state index contributed by atoms with van der Waals surface area (Å²) in [5, 5.41) is 5.47. The highest BCUT2D eigenvalue weighted by Crippen LogP contribution is 2.24. The second-order valence-electron chi connectivity index (χ2n) is 6.26. The van der Waals surface area contributed by atoms with Gasteiger partial charge in [-0.25, -0.2) is 0 Å². The Hall–Kier alpha value is -2.70. The summed E-state index contributed by atoms with van der Waals surface area (Å²) in [6, 6.07) is 11.8. The fourth-order valence-electron chi connectivity index (χ4n) is 2.35. The van der Waals surface area contributed by atoms with Crippen LogP contribution in [0.25, 0.3) is 0 Å². The molecule has 2 aromatic rings. The first-order valence-corrected chi connectivity index (χ1v) is 10.2. The van der Waals surface area contributed by atoms with E-state index in [1.807, 2.05) is 0 Å². The maximum atomic E-state index is 12.2. The van der Waals surface area contributed by atoms with Gasteiger partial charge in [-0.3, -0.25) is 20.4 Å². The number of hydrogen-bond donors (Lipinski definition) is 5. The van der Waals surface area contributed by atoms with Gasteiger partial charge in [-0.1, -0.05) is 23.7 Å². The van der Waals surface area contributed by atoms with E-state index in [9.17, 15) is 22.8 Å². The van der Waals surface area contributed by atoms with Crippen LogP contribution in [0, 0.1) is 0 Å². The summed E-state index contributed by atoms with van der Waals surface area (Å²) < 4.78 is 40.3. The largest absolute Gasteiger partial charge is 0.573 e. The second kappa shape index (κ2) is 11.8. The molecular formula is C19H18ClF3N4O3S2. The molecule has 0 saturated heterocycles. The van der Waals surface area contributed by atoms with Gasteiger partial charge in [-0.2, -0.15) is 12.6 Å². The molecule has 0 fully saturated rings. The highest BCUT2D eigenvalue weighted by atomic mass is 35.5. The van der Waals surface area contributed by atoms with Crippen molar-refractivity contribution in [2.75, 3.05) is 10.6 Å². The van der Waals surface area contributed by atoms with E-state index in [4.69, 9.17) is 23.8 Å². The van der Waals surface area contributed by atoms with Gasteiger partial charge in [0.05, 0.1) is 22.5 Å². The van der Waals surface area contributed by atoms with Crippen LogP contribution in [0.5, 0.6) is 5.75 Å². The third kappa shape index (κ3) is 9.62. The van der Waals surface area contributed by atoms with E-state index in [-0.39, 0.29) is 17.3 Å². The Morgan fingerprint density at radius 3 is 2.38 bits per heavy atom. The summed E-state index contributed by atoms with van der Waals surface area (Å²) in [5.74, 6) is -1.41. The van der Waals surface area contributed by atoms with Gasteiger partial charge in [0.2, 0.25) is 5.91 Å². The molecule has 0 heterocycles. The topological polar surface area (TPSA) is 91.5 Å². The standard InChI is InChI=1S/C19H18ClF3N4O3S2/c20-14-3-1-2-4-15(14)25-18(32)27-26-16(29)9-12(28)10-17(31)24-11-5-7-13(8-6-11)30-19(21,22)23/h1-8,17,24,31H,9-10H2,(H,26,29)(H2,25,27,32). The fourth-order valence-corrected chi connectivity index (χ4v) is 3.05. The molecule has 0 bridgehead atoms. The van der Waals surface area contributed by atoms with Crippen molar-refractivity contribution in [3.8, 4) is 5.75 Å². The zero-order valence-corrected chi connectivity index (χ0v) is 18.7. The van der Waals surface area contributed by atoms with Crippen LogP contribution in [0.3, 0.4) is 0 Å². The summed E-state index contributed by atoms with van der Waals surface area (Å²) in [4.78, 5) is 24.0. The molecule has 7 nitrogen and oxygen atoms in total. The van der Waals surface area contributed by atoms with Crippen LogP contribution in [0.2, 0.25) is 5.02 Å². The van der Waals surface area contributed by atoms with E-state index in [0.29, 0.717) is 16.4 Å². The summed E-state index contributed by atoms with van der Waals surface area (Å²) in [5.41, 5.74) is 5.72. The molecule has 0 aliphatic rings. The molecule has 32 heavy (non-hydrogen) atoms. The number of ketones is 1. The SMILES string of the molecule is O=C(CC(=O)NNC(=S)Nc1ccccc1Cl)CC(S)Nc1ccc(OC(F)(F)F)cc1. The second-order valence-corrected chi connectivity index (χ2v) is 7.70. The molecule has 0 aliphatic heterocycles. The Bertz CT molecular complexity index is 962. The Kier molecular flexibility index (Phi) is 9.42. The van der Waals surface area contributed by atoms with Gasteiger partial charge in [0, 0.05) is 12.1 Å². The van der Waals surface area contributed by atoms with Gasteiger partial charge in [0.25, 0.3) is 0 Å². The smallest absolute Gasteiger partial charge is 0.406 e. The number of amides is 1. The third-order valence-electron chi connectivity index (χ3n) is 3.64. The Balaban J connectivity index is 1.71. The lowest BCUT2D eigenvalue weighted by Gasteiger charge is -2.15. The molecule has 0 aliphatic carbocycles. The molecule has 0 aromatic heterocycles. The molecule has 2 aromatic carbocycles. The minimum Gasteiger partial charge on any atom is -0.406 e. The number of hydrogen-bond acceptors (Lipinski definition) is 6. The zero-order chi connectivity index (χ0) is 23.7. The quantitative estimate of drug-likeness (QED) is 0.120. The van der Waals surface area contributed by atoms with Crippen LogP contribution < -0.4 is 26.2 Å². The van der Waals surface area contributed by atoms with Gasteiger partial charge in [0.15, 0.2) is 5.11 Å². The predicted octanol–water partition coefficient (Wildman–Crippen LogP) is 4.27. The molecule has 1 amide bonds. The molecule has 4 N–H and O–H groups in total. The fraction of sp³-hybridized carbons (Fsp3) is 0.211. The van der Waals surface area contributed by atoms with Crippen LogP contribution in [0.1, 0.15) is 12.8 Å². The van der Waals surface area contributed by atoms with Crippen molar-refractivity contribution in [1.29, 1.82) is 0 Å². The molecule has 2 rings (SSSR count). The van der Waals surface area contributed by atoms with E-state index < -0.39 is 29.8 Å². The van der Waals surface area contributed by atoms with E-state index in [0.717, 1.165) is 12.1 Å². The molecule has 0 spiro atoms. The van der Waals surface area contributed by atoms with Crippen molar-refractivity contribution < 1.29 is 27.5 Å². The summed E-state index contributed by atoms with van der Waals surface area (Å²) in [6.45, 7) is 0. The van der Waals surface area contributed by atoms with Crippen molar-refractivity contribution in [1.82, 2.24) is 10.9 Å². The number of carbonyl (C=O) groups is 2. The summed E-state index contributed by atoms with van der Waals surface area (Å²) >= 11 is 15.2.